The summed E-state index contributed by atoms with van der Waals surface area (Å²) in [4.78, 5) is 9.26. The van der Waals surface area contributed by atoms with Crippen LogP contribution in [-0.4, -0.2) is 9.97 Å². The molecule has 1 aliphatic rings. The predicted molar refractivity (Wildman–Crippen MR) is 85.5 cm³/mol. The van der Waals surface area contributed by atoms with Crippen LogP contribution in [0.1, 0.15) is 42.9 Å². The third-order valence-corrected chi connectivity index (χ3v) is 4.84. The van der Waals surface area contributed by atoms with Crippen LogP contribution in [0, 0.1) is 6.92 Å². The Hall–Kier alpha value is -1.42. The second-order valence-electron chi connectivity index (χ2n) is 5.43. The van der Waals surface area contributed by atoms with E-state index in [2.05, 4.69) is 40.0 Å². The number of halogens is 1. The van der Waals surface area contributed by atoms with Crippen molar-refractivity contribution in [2.75, 3.05) is 5.73 Å². The molecule has 4 heteroatoms. The summed E-state index contributed by atoms with van der Waals surface area (Å²) in [6.07, 6.45) is 4.95. The number of benzene rings is 1. The Balaban J connectivity index is 2.11. The molecule has 3 nitrogen and oxygen atoms in total. The van der Waals surface area contributed by atoms with Gasteiger partial charge in [-0.1, -0.05) is 37.1 Å². The minimum absolute atomic E-state index is 0.512. The Labute approximate surface area is 127 Å². The quantitative estimate of drug-likeness (QED) is 0.884. The van der Waals surface area contributed by atoms with Gasteiger partial charge in [0.1, 0.15) is 5.82 Å². The highest BCUT2D eigenvalue weighted by Gasteiger charge is 2.23. The minimum Gasteiger partial charge on any atom is -0.383 e. The molecule has 20 heavy (non-hydrogen) atoms. The standard InChI is InChI=1S/C16H18BrN3/c1-10-6-2-5-9-12(10)16-19-14(11-7-3-4-8-11)13(17)15(18)20-16/h2,5-6,9,11H,3-4,7-8H2,1H3,(H2,18,19,20). The van der Waals surface area contributed by atoms with Crippen molar-refractivity contribution in [1.82, 2.24) is 9.97 Å². The number of hydrogen-bond acceptors (Lipinski definition) is 3. The molecule has 1 aromatic heterocycles. The van der Waals surface area contributed by atoms with Crippen molar-refractivity contribution in [3.63, 3.8) is 0 Å². The van der Waals surface area contributed by atoms with Gasteiger partial charge in [-0.2, -0.15) is 0 Å². The normalized spacial score (nSPS) is 15.7. The number of hydrogen-bond donors (Lipinski definition) is 1. The van der Waals surface area contributed by atoms with Gasteiger partial charge < -0.3 is 5.73 Å². The second kappa shape index (κ2) is 5.52. The third kappa shape index (κ3) is 2.44. The van der Waals surface area contributed by atoms with E-state index in [0.717, 1.165) is 21.6 Å². The van der Waals surface area contributed by atoms with Crippen LogP contribution in [0.15, 0.2) is 28.7 Å². The zero-order valence-corrected chi connectivity index (χ0v) is 13.2. The lowest BCUT2D eigenvalue weighted by atomic mass is 10.0. The molecule has 3 rings (SSSR count). The monoisotopic (exact) mass is 331 g/mol. The molecule has 2 N–H and O–H groups in total. The molecule has 0 atom stereocenters. The van der Waals surface area contributed by atoms with Crippen LogP contribution in [0.5, 0.6) is 0 Å². The number of aryl methyl sites for hydroxylation is 1. The molecule has 0 aliphatic heterocycles. The fourth-order valence-corrected chi connectivity index (χ4v) is 3.40. The Kier molecular flexibility index (Phi) is 3.74. The molecule has 104 valence electrons. The van der Waals surface area contributed by atoms with Gasteiger partial charge in [-0.25, -0.2) is 9.97 Å². The molecular weight excluding hydrogens is 314 g/mol. The zero-order valence-electron chi connectivity index (χ0n) is 11.6. The van der Waals surface area contributed by atoms with E-state index >= 15 is 0 Å². The smallest absolute Gasteiger partial charge is 0.162 e. The molecule has 0 amide bonds. The van der Waals surface area contributed by atoms with E-state index in [9.17, 15) is 0 Å². The van der Waals surface area contributed by atoms with E-state index in [1.54, 1.807) is 0 Å². The van der Waals surface area contributed by atoms with Crippen LogP contribution >= 0.6 is 15.9 Å². The lowest BCUT2D eigenvalue weighted by Gasteiger charge is -2.14. The molecule has 0 bridgehead atoms. The Morgan fingerprint density at radius 1 is 1.15 bits per heavy atom. The molecule has 0 unspecified atom stereocenters. The van der Waals surface area contributed by atoms with Gasteiger partial charge in [-0.15, -0.1) is 0 Å². The number of anilines is 1. The summed E-state index contributed by atoms with van der Waals surface area (Å²) in [6, 6.07) is 8.17. The average molecular weight is 332 g/mol. The molecule has 1 heterocycles. The predicted octanol–water partition coefficient (Wildman–Crippen LogP) is 4.45. The zero-order chi connectivity index (χ0) is 14.1. The van der Waals surface area contributed by atoms with Gasteiger partial charge >= 0.3 is 0 Å². The van der Waals surface area contributed by atoms with E-state index in [1.165, 1.54) is 31.2 Å². The van der Waals surface area contributed by atoms with Gasteiger partial charge in [-0.3, -0.25) is 0 Å². The average Bonchev–Trinajstić information content (AvgIpc) is 2.96. The number of nitrogens with two attached hydrogens (primary N) is 1. The van der Waals surface area contributed by atoms with Gasteiger partial charge in [0.25, 0.3) is 0 Å². The van der Waals surface area contributed by atoms with Gasteiger partial charge in [0.15, 0.2) is 5.82 Å². The molecule has 2 aromatic rings. The van der Waals surface area contributed by atoms with E-state index in [-0.39, 0.29) is 0 Å². The summed E-state index contributed by atoms with van der Waals surface area (Å²) in [7, 11) is 0. The highest BCUT2D eigenvalue weighted by Crippen LogP contribution is 2.39. The summed E-state index contributed by atoms with van der Waals surface area (Å²) in [5.74, 6) is 1.79. The maximum Gasteiger partial charge on any atom is 0.162 e. The number of nitrogens with zero attached hydrogens (tertiary/aromatic N) is 2. The molecule has 1 fully saturated rings. The molecule has 1 aromatic carbocycles. The number of rotatable bonds is 2. The van der Waals surface area contributed by atoms with Crippen molar-refractivity contribution in [2.24, 2.45) is 0 Å². The van der Waals surface area contributed by atoms with Crippen LogP contribution in [0.4, 0.5) is 5.82 Å². The van der Waals surface area contributed by atoms with Crippen molar-refractivity contribution < 1.29 is 0 Å². The van der Waals surface area contributed by atoms with Crippen LogP contribution < -0.4 is 5.73 Å². The lowest BCUT2D eigenvalue weighted by Crippen LogP contribution is -2.06. The van der Waals surface area contributed by atoms with Crippen molar-refractivity contribution >= 4 is 21.7 Å². The van der Waals surface area contributed by atoms with Crippen molar-refractivity contribution in [3.05, 3.63) is 40.0 Å². The fraction of sp³-hybridized carbons (Fsp3) is 0.375. The Bertz CT molecular complexity index is 634. The summed E-state index contributed by atoms with van der Waals surface area (Å²) in [5.41, 5.74) is 9.39. The summed E-state index contributed by atoms with van der Waals surface area (Å²) in [6.45, 7) is 2.08. The molecule has 0 radical (unpaired) electrons. The van der Waals surface area contributed by atoms with Gasteiger partial charge in [0.05, 0.1) is 10.2 Å². The highest BCUT2D eigenvalue weighted by molar-refractivity contribution is 9.10. The van der Waals surface area contributed by atoms with Crippen LogP contribution in [0.2, 0.25) is 0 Å². The van der Waals surface area contributed by atoms with E-state index in [1.807, 2.05) is 12.1 Å². The first-order chi connectivity index (χ1) is 9.66. The van der Waals surface area contributed by atoms with Crippen LogP contribution in [0.3, 0.4) is 0 Å². The van der Waals surface area contributed by atoms with E-state index in [0.29, 0.717) is 11.7 Å². The third-order valence-electron chi connectivity index (χ3n) is 4.03. The highest BCUT2D eigenvalue weighted by atomic mass is 79.9. The SMILES string of the molecule is Cc1ccccc1-c1nc(N)c(Br)c(C2CCCC2)n1. The number of nitrogen functional groups attached to an aromatic ring is 1. The number of aromatic nitrogens is 2. The first-order valence-electron chi connectivity index (χ1n) is 7.05. The van der Waals surface area contributed by atoms with E-state index in [4.69, 9.17) is 10.7 Å². The summed E-state index contributed by atoms with van der Waals surface area (Å²) >= 11 is 3.57. The van der Waals surface area contributed by atoms with Crippen molar-refractivity contribution in [3.8, 4) is 11.4 Å². The summed E-state index contributed by atoms with van der Waals surface area (Å²) in [5, 5.41) is 0. The second-order valence-corrected chi connectivity index (χ2v) is 6.22. The van der Waals surface area contributed by atoms with Crippen molar-refractivity contribution in [1.29, 1.82) is 0 Å². The largest absolute Gasteiger partial charge is 0.383 e. The topological polar surface area (TPSA) is 51.8 Å². The summed E-state index contributed by atoms with van der Waals surface area (Å²) < 4.78 is 0.877. The van der Waals surface area contributed by atoms with E-state index < -0.39 is 0 Å². The maximum absolute atomic E-state index is 6.08. The first kappa shape index (κ1) is 13.6. The minimum atomic E-state index is 0.512. The van der Waals surface area contributed by atoms with Gasteiger partial charge in [-0.05, 0) is 41.3 Å². The van der Waals surface area contributed by atoms with Gasteiger partial charge in [0.2, 0.25) is 0 Å². The Morgan fingerprint density at radius 3 is 2.55 bits per heavy atom. The molecular formula is C16H18BrN3. The molecule has 0 spiro atoms. The molecule has 0 saturated heterocycles. The maximum atomic E-state index is 6.08. The molecule has 1 saturated carbocycles. The Morgan fingerprint density at radius 2 is 1.85 bits per heavy atom. The first-order valence-corrected chi connectivity index (χ1v) is 7.85. The van der Waals surface area contributed by atoms with Crippen LogP contribution in [-0.2, 0) is 0 Å². The molecule has 1 aliphatic carbocycles. The lowest BCUT2D eigenvalue weighted by molar-refractivity contribution is 0.691. The van der Waals surface area contributed by atoms with Gasteiger partial charge in [0, 0.05) is 11.5 Å². The van der Waals surface area contributed by atoms with Crippen molar-refractivity contribution in [2.45, 2.75) is 38.5 Å². The fourth-order valence-electron chi connectivity index (χ4n) is 2.90. The van der Waals surface area contributed by atoms with Crippen LogP contribution in [0.25, 0.3) is 11.4 Å².